The van der Waals surface area contributed by atoms with Gasteiger partial charge in [0.15, 0.2) is 10.8 Å². The van der Waals surface area contributed by atoms with Crippen LogP contribution < -0.4 is 5.56 Å². The highest BCUT2D eigenvalue weighted by Crippen LogP contribution is 2.20. The highest BCUT2D eigenvalue weighted by molar-refractivity contribution is 7.15. The number of hydrogen-bond donors (Lipinski definition) is 1. The van der Waals surface area contributed by atoms with Crippen molar-refractivity contribution in [1.82, 2.24) is 29.5 Å². The molecule has 9 heteroatoms. The van der Waals surface area contributed by atoms with Gasteiger partial charge in [-0.25, -0.2) is 9.97 Å². The summed E-state index contributed by atoms with van der Waals surface area (Å²) in [7, 11) is 0. The average molecular weight is 346 g/mol. The van der Waals surface area contributed by atoms with Crippen LogP contribution in [0.1, 0.15) is 30.4 Å². The number of nitrogens with zero attached hydrogens (tertiary/aromatic N) is 5. The Morgan fingerprint density at radius 2 is 2.38 bits per heavy atom. The molecule has 1 aliphatic rings. The fourth-order valence-corrected chi connectivity index (χ4v) is 3.55. The molecule has 0 unspecified atom stereocenters. The highest BCUT2D eigenvalue weighted by Gasteiger charge is 2.25. The molecule has 126 valence electrons. The molecular formula is C15H18N6O2S. The van der Waals surface area contributed by atoms with Gasteiger partial charge in [0.25, 0.3) is 5.56 Å². The molecule has 1 atom stereocenters. The number of thiazole rings is 1. The molecule has 0 aliphatic carbocycles. The quantitative estimate of drug-likeness (QED) is 0.758. The third kappa shape index (κ3) is 2.97. The Bertz CT molecular complexity index is 901. The van der Waals surface area contributed by atoms with E-state index in [1.54, 1.807) is 16.7 Å². The lowest BCUT2D eigenvalue weighted by molar-refractivity contribution is -0.0374. The zero-order chi connectivity index (χ0) is 16.5. The first kappa shape index (κ1) is 15.4. The molecular weight excluding hydrogens is 328 g/mol. The molecule has 1 N–H and O–H groups in total. The first-order valence-corrected chi connectivity index (χ1v) is 8.82. The summed E-state index contributed by atoms with van der Waals surface area (Å²) in [6.45, 7) is 4.75. The van der Waals surface area contributed by atoms with Crippen molar-refractivity contribution in [2.24, 2.45) is 0 Å². The Morgan fingerprint density at radius 3 is 3.21 bits per heavy atom. The number of hydrogen-bond acceptors (Lipinski definition) is 7. The largest absolute Gasteiger partial charge is 0.367 e. The molecule has 4 heterocycles. The van der Waals surface area contributed by atoms with E-state index in [0.29, 0.717) is 25.5 Å². The number of morpholine rings is 1. The van der Waals surface area contributed by atoms with Gasteiger partial charge in [-0.3, -0.25) is 19.2 Å². The van der Waals surface area contributed by atoms with Gasteiger partial charge in [0.05, 0.1) is 12.3 Å². The Morgan fingerprint density at radius 1 is 1.46 bits per heavy atom. The second-order valence-electron chi connectivity index (χ2n) is 5.73. The Hall–Kier alpha value is -2.10. The number of ether oxygens (including phenoxy) is 1. The summed E-state index contributed by atoms with van der Waals surface area (Å²) in [6.07, 6.45) is 2.41. The summed E-state index contributed by atoms with van der Waals surface area (Å²) in [4.78, 5) is 24.1. The molecule has 0 aromatic carbocycles. The van der Waals surface area contributed by atoms with Crippen molar-refractivity contribution in [3.63, 3.8) is 0 Å². The molecule has 0 amide bonds. The minimum Gasteiger partial charge on any atom is -0.367 e. The lowest BCUT2D eigenvalue weighted by Gasteiger charge is -2.31. The van der Waals surface area contributed by atoms with Crippen molar-refractivity contribution in [3.8, 4) is 0 Å². The molecule has 24 heavy (non-hydrogen) atoms. The summed E-state index contributed by atoms with van der Waals surface area (Å²) in [5, 5.41) is 9.04. The van der Waals surface area contributed by atoms with E-state index in [2.05, 4.69) is 25.1 Å². The van der Waals surface area contributed by atoms with E-state index < -0.39 is 0 Å². The number of aromatic amines is 1. The van der Waals surface area contributed by atoms with E-state index >= 15 is 0 Å². The smallest absolute Gasteiger partial charge is 0.258 e. The van der Waals surface area contributed by atoms with Crippen LogP contribution in [-0.2, 0) is 17.7 Å². The van der Waals surface area contributed by atoms with Gasteiger partial charge in [0.1, 0.15) is 11.9 Å². The second-order valence-corrected chi connectivity index (χ2v) is 6.60. The molecule has 0 saturated carbocycles. The van der Waals surface area contributed by atoms with Crippen molar-refractivity contribution < 1.29 is 4.74 Å². The third-order valence-electron chi connectivity index (χ3n) is 4.06. The van der Waals surface area contributed by atoms with Gasteiger partial charge < -0.3 is 4.74 Å². The van der Waals surface area contributed by atoms with Crippen LogP contribution in [0.4, 0.5) is 0 Å². The first-order chi connectivity index (χ1) is 11.7. The van der Waals surface area contributed by atoms with Crippen LogP contribution in [0.15, 0.2) is 22.4 Å². The summed E-state index contributed by atoms with van der Waals surface area (Å²) < 4.78 is 7.37. The van der Waals surface area contributed by atoms with Crippen molar-refractivity contribution in [3.05, 3.63) is 45.3 Å². The molecule has 3 aromatic heterocycles. The molecule has 1 saturated heterocycles. The van der Waals surface area contributed by atoms with Crippen LogP contribution in [0, 0.1) is 0 Å². The van der Waals surface area contributed by atoms with E-state index in [4.69, 9.17) is 4.74 Å². The number of aromatic nitrogens is 5. The van der Waals surface area contributed by atoms with Gasteiger partial charge in [0.2, 0.25) is 0 Å². The Balaban J connectivity index is 1.50. The predicted octanol–water partition coefficient (Wildman–Crippen LogP) is 1.01. The molecule has 0 radical (unpaired) electrons. The summed E-state index contributed by atoms with van der Waals surface area (Å²) in [5.74, 6) is 1.56. The van der Waals surface area contributed by atoms with Crippen LogP contribution >= 0.6 is 11.3 Å². The zero-order valence-electron chi connectivity index (χ0n) is 13.3. The van der Waals surface area contributed by atoms with Crippen molar-refractivity contribution in [2.45, 2.75) is 26.0 Å². The number of nitrogens with one attached hydrogen (secondary N) is 1. The Labute approximate surface area is 142 Å². The van der Waals surface area contributed by atoms with Gasteiger partial charge in [-0.2, -0.15) is 5.10 Å². The summed E-state index contributed by atoms with van der Waals surface area (Å²) in [6, 6.07) is 1.60. The lowest BCUT2D eigenvalue weighted by atomic mass is 10.2. The van der Waals surface area contributed by atoms with Crippen molar-refractivity contribution >= 4 is 16.3 Å². The summed E-state index contributed by atoms with van der Waals surface area (Å²) >= 11 is 1.46. The van der Waals surface area contributed by atoms with Gasteiger partial charge in [0, 0.05) is 43.7 Å². The molecule has 3 aromatic rings. The lowest BCUT2D eigenvalue weighted by Crippen LogP contribution is -2.38. The standard InChI is InChI=1S/C15H18N6O2S/c1-2-12-17-14(19-18-12)11-9-20(3-5-23-11)8-10-7-13(22)21-4-6-24-15(21)16-10/h4,6-7,11H,2-3,5,8-9H2,1H3,(H,17,18,19)/t11-/m0/s1. The molecule has 1 fully saturated rings. The van der Waals surface area contributed by atoms with Gasteiger partial charge in [-0.15, -0.1) is 11.3 Å². The number of H-pyrrole nitrogens is 1. The molecule has 0 bridgehead atoms. The number of rotatable bonds is 4. The minimum absolute atomic E-state index is 0.0392. The van der Waals surface area contributed by atoms with Crippen LogP contribution in [0.5, 0.6) is 0 Å². The first-order valence-electron chi connectivity index (χ1n) is 7.94. The molecule has 4 rings (SSSR count). The van der Waals surface area contributed by atoms with Gasteiger partial charge in [-0.1, -0.05) is 6.92 Å². The van der Waals surface area contributed by atoms with E-state index in [1.807, 2.05) is 12.3 Å². The van der Waals surface area contributed by atoms with Crippen molar-refractivity contribution in [1.29, 1.82) is 0 Å². The second kappa shape index (κ2) is 6.42. The number of aryl methyl sites for hydroxylation is 1. The topological polar surface area (TPSA) is 88.4 Å². The number of fused-ring (bicyclic) bond motifs is 1. The molecule has 8 nitrogen and oxygen atoms in total. The van der Waals surface area contributed by atoms with E-state index in [1.165, 1.54) is 11.3 Å². The van der Waals surface area contributed by atoms with Crippen LogP contribution in [0.3, 0.4) is 0 Å². The van der Waals surface area contributed by atoms with E-state index in [-0.39, 0.29) is 11.7 Å². The van der Waals surface area contributed by atoms with Crippen molar-refractivity contribution in [2.75, 3.05) is 19.7 Å². The normalized spacial score (nSPS) is 19.1. The maximum atomic E-state index is 12.1. The summed E-state index contributed by atoms with van der Waals surface area (Å²) in [5.41, 5.74) is 0.745. The van der Waals surface area contributed by atoms with Crippen LogP contribution in [-0.4, -0.2) is 49.2 Å². The van der Waals surface area contributed by atoms with E-state index in [0.717, 1.165) is 29.4 Å². The molecule has 0 spiro atoms. The van der Waals surface area contributed by atoms with Gasteiger partial charge in [-0.05, 0) is 0 Å². The average Bonchev–Trinajstić information content (AvgIpc) is 3.24. The zero-order valence-corrected chi connectivity index (χ0v) is 14.1. The highest BCUT2D eigenvalue weighted by atomic mass is 32.1. The minimum atomic E-state index is -0.151. The maximum absolute atomic E-state index is 12.1. The molecule has 1 aliphatic heterocycles. The van der Waals surface area contributed by atoms with Crippen LogP contribution in [0.25, 0.3) is 4.96 Å². The fraction of sp³-hybridized carbons (Fsp3) is 0.467. The third-order valence-corrected chi connectivity index (χ3v) is 4.82. The monoisotopic (exact) mass is 346 g/mol. The fourth-order valence-electron chi connectivity index (χ4n) is 2.81. The SMILES string of the molecule is CCc1nc([C@@H]2CN(Cc3cc(=O)n4ccsc4n3)CCO2)n[nH]1. The Kier molecular flexibility index (Phi) is 4.13. The van der Waals surface area contributed by atoms with E-state index in [9.17, 15) is 4.79 Å². The maximum Gasteiger partial charge on any atom is 0.258 e. The predicted molar refractivity (Wildman–Crippen MR) is 89.1 cm³/mol. The van der Waals surface area contributed by atoms with Gasteiger partial charge >= 0.3 is 0 Å². The van der Waals surface area contributed by atoms with Crippen LogP contribution in [0.2, 0.25) is 0 Å².